The number of benzene rings is 2. The van der Waals surface area contributed by atoms with E-state index in [1.807, 2.05) is 0 Å². The first kappa shape index (κ1) is 24.3. The van der Waals surface area contributed by atoms with Gasteiger partial charge < -0.3 is 20.3 Å². The molecule has 0 bridgehead atoms. The highest BCUT2D eigenvalue weighted by molar-refractivity contribution is 5.93. The van der Waals surface area contributed by atoms with E-state index in [1.165, 1.54) is 42.5 Å². The number of alkyl halides is 3. The van der Waals surface area contributed by atoms with E-state index in [4.69, 9.17) is 4.74 Å². The van der Waals surface area contributed by atoms with E-state index in [0.717, 1.165) is 6.07 Å². The summed E-state index contributed by atoms with van der Waals surface area (Å²) in [6.07, 6.45) is -4.56. The third-order valence-corrected chi connectivity index (χ3v) is 4.99. The standard InChI is InChI=1S/C22H24F4N4O3/c23-16-5-7-17(8-6-16)33-14-9-27-21(32)30-12-10-29(11-13-30)15-20(31)28-19-4-2-1-3-18(19)22(24,25)26/h1-8H,9-15H2,(H,27,32)(H,28,31). The molecule has 1 aliphatic heterocycles. The molecule has 2 aromatic rings. The Labute approximate surface area is 188 Å². The smallest absolute Gasteiger partial charge is 0.418 e. The molecule has 33 heavy (non-hydrogen) atoms. The van der Waals surface area contributed by atoms with Crippen molar-refractivity contribution in [1.29, 1.82) is 0 Å². The van der Waals surface area contributed by atoms with Crippen molar-refractivity contribution in [3.05, 3.63) is 59.9 Å². The topological polar surface area (TPSA) is 73.9 Å². The van der Waals surface area contributed by atoms with Crippen molar-refractivity contribution in [3.8, 4) is 5.75 Å². The Balaban J connectivity index is 1.37. The Morgan fingerprint density at radius 2 is 1.64 bits per heavy atom. The number of halogens is 4. The maximum Gasteiger partial charge on any atom is 0.418 e. The number of carbonyl (C=O) groups excluding carboxylic acids is 2. The van der Waals surface area contributed by atoms with Gasteiger partial charge in [0, 0.05) is 26.2 Å². The van der Waals surface area contributed by atoms with Gasteiger partial charge in [-0.1, -0.05) is 12.1 Å². The number of nitrogens with one attached hydrogen (secondary N) is 2. The van der Waals surface area contributed by atoms with Crippen molar-refractivity contribution in [1.82, 2.24) is 15.1 Å². The van der Waals surface area contributed by atoms with E-state index < -0.39 is 17.6 Å². The highest BCUT2D eigenvalue weighted by Crippen LogP contribution is 2.34. The van der Waals surface area contributed by atoms with Crippen LogP contribution in [-0.2, 0) is 11.0 Å². The molecule has 0 unspecified atom stereocenters. The first-order valence-electron chi connectivity index (χ1n) is 10.3. The zero-order valence-corrected chi connectivity index (χ0v) is 17.7. The van der Waals surface area contributed by atoms with Gasteiger partial charge in [0.05, 0.1) is 24.3 Å². The molecule has 3 rings (SSSR count). The van der Waals surface area contributed by atoms with Gasteiger partial charge in [-0.2, -0.15) is 13.2 Å². The van der Waals surface area contributed by atoms with Crippen molar-refractivity contribution in [2.24, 2.45) is 0 Å². The second-order valence-corrected chi connectivity index (χ2v) is 7.39. The van der Waals surface area contributed by atoms with Crippen LogP contribution in [0.1, 0.15) is 5.56 Å². The molecule has 0 atom stereocenters. The highest BCUT2D eigenvalue weighted by Gasteiger charge is 2.33. The zero-order chi connectivity index (χ0) is 23.8. The number of nitrogens with zero attached hydrogens (tertiary/aromatic N) is 2. The minimum absolute atomic E-state index is 0.0762. The van der Waals surface area contributed by atoms with Crippen molar-refractivity contribution >= 4 is 17.6 Å². The van der Waals surface area contributed by atoms with Crippen LogP contribution in [0.15, 0.2) is 48.5 Å². The number of anilines is 1. The molecule has 2 aromatic carbocycles. The van der Waals surface area contributed by atoms with Crippen LogP contribution in [0.2, 0.25) is 0 Å². The minimum Gasteiger partial charge on any atom is -0.492 e. The summed E-state index contributed by atoms with van der Waals surface area (Å²) in [5.41, 5.74) is -1.18. The quantitative estimate of drug-likeness (QED) is 0.484. The number of urea groups is 1. The molecular weight excluding hydrogens is 444 g/mol. The Hall–Kier alpha value is -3.34. The number of para-hydroxylation sites is 1. The molecule has 0 spiro atoms. The van der Waals surface area contributed by atoms with Crippen LogP contribution in [-0.4, -0.2) is 67.6 Å². The average molecular weight is 468 g/mol. The normalized spacial score (nSPS) is 14.6. The number of hydrogen-bond acceptors (Lipinski definition) is 4. The van der Waals surface area contributed by atoms with E-state index in [0.29, 0.717) is 31.9 Å². The van der Waals surface area contributed by atoms with Crippen molar-refractivity contribution in [2.75, 3.05) is 51.2 Å². The van der Waals surface area contributed by atoms with E-state index in [1.54, 1.807) is 9.80 Å². The third-order valence-electron chi connectivity index (χ3n) is 4.99. The van der Waals surface area contributed by atoms with Gasteiger partial charge >= 0.3 is 12.2 Å². The molecule has 2 N–H and O–H groups in total. The zero-order valence-electron chi connectivity index (χ0n) is 17.7. The lowest BCUT2D eigenvalue weighted by Crippen LogP contribution is -2.53. The fourth-order valence-corrected chi connectivity index (χ4v) is 3.31. The SMILES string of the molecule is O=C(CN1CCN(C(=O)NCCOc2ccc(F)cc2)CC1)Nc1ccccc1C(F)(F)F. The van der Waals surface area contributed by atoms with E-state index in [-0.39, 0.29) is 37.2 Å². The number of hydrogen-bond donors (Lipinski definition) is 2. The van der Waals surface area contributed by atoms with Crippen LogP contribution in [0.25, 0.3) is 0 Å². The number of ether oxygens (including phenoxy) is 1. The van der Waals surface area contributed by atoms with Crippen molar-refractivity contribution in [3.63, 3.8) is 0 Å². The van der Waals surface area contributed by atoms with Gasteiger partial charge in [-0.05, 0) is 36.4 Å². The molecule has 1 fully saturated rings. The molecule has 1 heterocycles. The summed E-state index contributed by atoms with van der Waals surface area (Å²) >= 11 is 0. The number of amides is 3. The Morgan fingerprint density at radius 3 is 2.30 bits per heavy atom. The predicted octanol–water partition coefficient (Wildman–Crippen LogP) is 3.19. The Kier molecular flexibility index (Phi) is 8.10. The largest absolute Gasteiger partial charge is 0.492 e. The molecule has 7 nitrogen and oxygen atoms in total. The van der Waals surface area contributed by atoms with Crippen LogP contribution in [0.3, 0.4) is 0 Å². The van der Waals surface area contributed by atoms with E-state index in [2.05, 4.69) is 10.6 Å². The number of rotatable bonds is 7. The number of piperazine rings is 1. The fraction of sp³-hybridized carbons (Fsp3) is 0.364. The molecule has 0 aromatic heterocycles. The molecule has 0 aliphatic carbocycles. The molecule has 3 amide bonds. The molecule has 1 aliphatic rings. The Morgan fingerprint density at radius 1 is 0.970 bits per heavy atom. The van der Waals surface area contributed by atoms with Gasteiger partial charge in [0.1, 0.15) is 18.2 Å². The maximum absolute atomic E-state index is 13.1. The average Bonchev–Trinajstić information content (AvgIpc) is 2.78. The predicted molar refractivity (Wildman–Crippen MR) is 113 cm³/mol. The van der Waals surface area contributed by atoms with Crippen molar-refractivity contribution in [2.45, 2.75) is 6.18 Å². The summed E-state index contributed by atoms with van der Waals surface area (Å²) in [6.45, 7) is 1.97. The fourth-order valence-electron chi connectivity index (χ4n) is 3.31. The summed E-state index contributed by atoms with van der Waals surface area (Å²) in [6, 6.07) is 10.1. The van der Waals surface area contributed by atoms with Gasteiger partial charge in [0.25, 0.3) is 0 Å². The van der Waals surface area contributed by atoms with Gasteiger partial charge in [-0.3, -0.25) is 9.69 Å². The van der Waals surface area contributed by atoms with Gasteiger partial charge in [0.2, 0.25) is 5.91 Å². The van der Waals surface area contributed by atoms with Crippen LogP contribution in [0.4, 0.5) is 28.0 Å². The van der Waals surface area contributed by atoms with E-state index in [9.17, 15) is 27.2 Å². The third kappa shape index (κ3) is 7.35. The summed E-state index contributed by atoms with van der Waals surface area (Å²) in [4.78, 5) is 27.9. The van der Waals surface area contributed by atoms with Gasteiger partial charge in [-0.15, -0.1) is 0 Å². The minimum atomic E-state index is -4.56. The molecule has 1 saturated heterocycles. The van der Waals surface area contributed by atoms with Gasteiger partial charge in [0.15, 0.2) is 0 Å². The molecule has 0 radical (unpaired) electrons. The lowest BCUT2D eigenvalue weighted by molar-refractivity contribution is -0.137. The van der Waals surface area contributed by atoms with Gasteiger partial charge in [-0.25, -0.2) is 9.18 Å². The van der Waals surface area contributed by atoms with Crippen molar-refractivity contribution < 1.29 is 31.9 Å². The molecule has 178 valence electrons. The molecule has 0 saturated carbocycles. The second kappa shape index (κ2) is 11.0. The molecule has 11 heteroatoms. The summed E-state index contributed by atoms with van der Waals surface area (Å²) in [5.74, 6) is -0.420. The van der Waals surface area contributed by atoms with Crippen LogP contribution >= 0.6 is 0 Å². The Bertz CT molecular complexity index is 945. The van der Waals surface area contributed by atoms with Crippen LogP contribution < -0.4 is 15.4 Å². The first-order chi connectivity index (χ1) is 15.7. The molecular formula is C22H24F4N4O3. The maximum atomic E-state index is 13.1. The van der Waals surface area contributed by atoms with E-state index >= 15 is 0 Å². The summed E-state index contributed by atoms with van der Waals surface area (Å²) < 4.78 is 57.5. The lowest BCUT2D eigenvalue weighted by Gasteiger charge is -2.34. The number of carbonyl (C=O) groups is 2. The summed E-state index contributed by atoms with van der Waals surface area (Å²) in [5, 5.41) is 5.05. The van der Waals surface area contributed by atoms with Crippen LogP contribution in [0.5, 0.6) is 5.75 Å². The highest BCUT2D eigenvalue weighted by atomic mass is 19.4. The second-order valence-electron chi connectivity index (χ2n) is 7.39. The monoisotopic (exact) mass is 468 g/mol. The first-order valence-corrected chi connectivity index (χ1v) is 10.3. The van der Waals surface area contributed by atoms with Crippen LogP contribution in [0, 0.1) is 5.82 Å². The lowest BCUT2D eigenvalue weighted by atomic mass is 10.1. The summed E-state index contributed by atoms with van der Waals surface area (Å²) in [7, 11) is 0.